The van der Waals surface area contributed by atoms with E-state index in [1.807, 2.05) is 0 Å². The van der Waals surface area contributed by atoms with Crippen molar-refractivity contribution in [3.63, 3.8) is 0 Å². The van der Waals surface area contributed by atoms with Gasteiger partial charge in [0.2, 0.25) is 5.88 Å². The lowest BCUT2D eigenvalue weighted by atomic mass is 10.1. The van der Waals surface area contributed by atoms with Gasteiger partial charge >= 0.3 is 6.18 Å². The Kier molecular flexibility index (Phi) is 5.03. The number of hydrogen-bond donors (Lipinski definition) is 0. The van der Waals surface area contributed by atoms with Crippen LogP contribution in [0.3, 0.4) is 0 Å². The van der Waals surface area contributed by atoms with Crippen LogP contribution in [0.1, 0.15) is 16.7 Å². The van der Waals surface area contributed by atoms with Crippen molar-refractivity contribution in [2.24, 2.45) is 0 Å². The van der Waals surface area contributed by atoms with E-state index >= 15 is 0 Å². The topological polar surface area (TPSA) is 56.3 Å². The molecule has 10 heteroatoms. The second-order valence-electron chi connectivity index (χ2n) is 4.93. The van der Waals surface area contributed by atoms with Crippen LogP contribution >= 0.6 is 22.3 Å². The molecule has 4 nitrogen and oxygen atoms in total. The fraction of sp³-hybridized carbons (Fsp3) is 0.214. The Morgan fingerprint density at radius 3 is 2.08 bits per heavy atom. The van der Waals surface area contributed by atoms with Gasteiger partial charge < -0.3 is 4.74 Å². The van der Waals surface area contributed by atoms with E-state index in [1.54, 1.807) is 13.8 Å². The third-order valence-electron chi connectivity index (χ3n) is 3.05. The zero-order chi connectivity index (χ0) is 18.3. The van der Waals surface area contributed by atoms with E-state index in [-0.39, 0.29) is 21.5 Å². The molecule has 0 aliphatic heterocycles. The zero-order valence-electron chi connectivity index (χ0n) is 12.3. The van der Waals surface area contributed by atoms with Crippen molar-refractivity contribution >= 4 is 31.3 Å². The molecule has 0 saturated heterocycles. The van der Waals surface area contributed by atoms with Crippen LogP contribution in [0.25, 0.3) is 0 Å². The maximum Gasteiger partial charge on any atom is 0.417 e. The molecule has 130 valence electrons. The summed E-state index contributed by atoms with van der Waals surface area (Å²) in [5.74, 6) is 0.00516. The number of ether oxygens (including phenoxy) is 1. The van der Waals surface area contributed by atoms with E-state index in [0.717, 1.165) is 0 Å². The minimum Gasteiger partial charge on any atom is -0.437 e. The summed E-state index contributed by atoms with van der Waals surface area (Å²) in [4.78, 5) is 3.46. The Morgan fingerprint density at radius 2 is 1.67 bits per heavy atom. The minimum atomic E-state index is -4.57. The first-order valence-corrected chi connectivity index (χ1v) is 9.05. The van der Waals surface area contributed by atoms with Crippen LogP contribution in [0.4, 0.5) is 13.2 Å². The molecular formula is C14H10Cl2F3NO3S. The fourth-order valence-electron chi connectivity index (χ4n) is 1.96. The molecule has 0 aliphatic carbocycles. The standard InChI is InChI=1S/C14H10Cl2F3NO3S/c1-7-3-10(24(16,21)22)4-8(2)12(7)23-13-11(15)5-9(6-20-13)14(17,18)19/h3-6H,1-2H3. The third kappa shape index (κ3) is 4.12. The molecule has 24 heavy (non-hydrogen) atoms. The first-order valence-electron chi connectivity index (χ1n) is 6.36. The lowest BCUT2D eigenvalue weighted by molar-refractivity contribution is -0.137. The predicted octanol–water partition coefficient (Wildman–Crippen LogP) is 5.09. The Bertz CT molecular complexity index is 876. The van der Waals surface area contributed by atoms with E-state index in [1.165, 1.54) is 12.1 Å². The zero-order valence-corrected chi connectivity index (χ0v) is 14.6. The Balaban J connectivity index is 2.42. The maximum atomic E-state index is 12.6. The summed E-state index contributed by atoms with van der Waals surface area (Å²) in [6.45, 7) is 3.12. The normalized spacial score (nSPS) is 12.3. The summed E-state index contributed by atoms with van der Waals surface area (Å²) < 4.78 is 66.0. The van der Waals surface area contributed by atoms with Gasteiger partial charge in [-0.1, -0.05) is 11.6 Å². The highest BCUT2D eigenvalue weighted by molar-refractivity contribution is 8.13. The molecule has 0 N–H and O–H groups in total. The molecule has 0 saturated carbocycles. The summed E-state index contributed by atoms with van der Waals surface area (Å²) in [6.07, 6.45) is -3.97. The lowest BCUT2D eigenvalue weighted by Gasteiger charge is -2.14. The molecule has 0 radical (unpaired) electrons. The SMILES string of the molecule is Cc1cc(S(=O)(=O)Cl)cc(C)c1Oc1ncc(C(F)(F)F)cc1Cl. The van der Waals surface area contributed by atoms with Crippen molar-refractivity contribution in [1.82, 2.24) is 4.98 Å². The van der Waals surface area contributed by atoms with Crippen molar-refractivity contribution in [3.05, 3.63) is 46.1 Å². The Hall–Kier alpha value is -1.51. The van der Waals surface area contributed by atoms with E-state index in [2.05, 4.69) is 4.98 Å². The molecule has 0 unspecified atom stereocenters. The average Bonchev–Trinajstić information content (AvgIpc) is 2.41. The summed E-state index contributed by atoms with van der Waals surface area (Å²) in [5, 5.41) is -0.322. The van der Waals surface area contributed by atoms with Gasteiger partial charge in [0, 0.05) is 16.9 Å². The second kappa shape index (κ2) is 6.42. The van der Waals surface area contributed by atoms with Gasteiger partial charge in [-0.2, -0.15) is 13.2 Å². The number of pyridine rings is 1. The Labute approximate surface area is 145 Å². The van der Waals surface area contributed by atoms with E-state index in [9.17, 15) is 21.6 Å². The smallest absolute Gasteiger partial charge is 0.417 e. The molecule has 0 spiro atoms. The maximum absolute atomic E-state index is 12.6. The van der Waals surface area contributed by atoms with Gasteiger partial charge in [-0.15, -0.1) is 0 Å². The molecule has 0 atom stereocenters. The highest BCUT2D eigenvalue weighted by Gasteiger charge is 2.32. The number of aryl methyl sites for hydroxylation is 2. The molecule has 0 aliphatic rings. The molecular weight excluding hydrogens is 390 g/mol. The first-order chi connectivity index (χ1) is 10.9. The lowest BCUT2D eigenvalue weighted by Crippen LogP contribution is -2.06. The van der Waals surface area contributed by atoms with Gasteiger partial charge in [0.15, 0.2) is 0 Å². The van der Waals surface area contributed by atoms with Crippen LogP contribution < -0.4 is 4.74 Å². The van der Waals surface area contributed by atoms with E-state index in [0.29, 0.717) is 23.4 Å². The Morgan fingerprint density at radius 1 is 1.12 bits per heavy atom. The highest BCUT2D eigenvalue weighted by atomic mass is 35.7. The average molecular weight is 400 g/mol. The van der Waals surface area contributed by atoms with Crippen LogP contribution in [0.5, 0.6) is 11.6 Å². The van der Waals surface area contributed by atoms with Crippen LogP contribution in [0.2, 0.25) is 5.02 Å². The van der Waals surface area contributed by atoms with Crippen LogP contribution in [-0.4, -0.2) is 13.4 Å². The van der Waals surface area contributed by atoms with Crippen molar-refractivity contribution in [1.29, 1.82) is 0 Å². The molecule has 1 aromatic heterocycles. The minimum absolute atomic E-state index is 0.113. The number of rotatable bonds is 3. The van der Waals surface area contributed by atoms with E-state index in [4.69, 9.17) is 27.0 Å². The van der Waals surface area contributed by atoms with Crippen LogP contribution in [0.15, 0.2) is 29.3 Å². The van der Waals surface area contributed by atoms with Crippen molar-refractivity contribution < 1.29 is 26.3 Å². The molecule has 0 bridgehead atoms. The van der Waals surface area contributed by atoms with Gasteiger partial charge in [-0.3, -0.25) is 0 Å². The quantitative estimate of drug-likeness (QED) is 0.674. The number of hydrogen-bond acceptors (Lipinski definition) is 4. The monoisotopic (exact) mass is 399 g/mol. The summed E-state index contributed by atoms with van der Waals surface area (Å²) >= 11 is 5.79. The fourth-order valence-corrected chi connectivity index (χ4v) is 3.07. The third-order valence-corrected chi connectivity index (χ3v) is 4.65. The van der Waals surface area contributed by atoms with Crippen molar-refractivity contribution in [2.45, 2.75) is 24.9 Å². The number of aromatic nitrogens is 1. The molecule has 2 aromatic rings. The van der Waals surface area contributed by atoms with Gasteiger partial charge in [0.25, 0.3) is 9.05 Å². The number of alkyl halides is 3. The molecule has 0 fully saturated rings. The summed E-state index contributed by atoms with van der Waals surface area (Å²) in [7, 11) is 1.37. The van der Waals surface area contributed by atoms with Gasteiger partial charge in [0.05, 0.1) is 10.5 Å². The van der Waals surface area contributed by atoms with Crippen LogP contribution in [-0.2, 0) is 15.2 Å². The van der Waals surface area contributed by atoms with Gasteiger partial charge in [-0.25, -0.2) is 13.4 Å². The summed E-state index contributed by atoms with van der Waals surface area (Å²) in [5.41, 5.74) is -0.184. The molecule has 1 aromatic carbocycles. The molecule has 1 heterocycles. The summed E-state index contributed by atoms with van der Waals surface area (Å²) in [6, 6.07) is 3.26. The molecule has 2 rings (SSSR count). The van der Waals surface area contributed by atoms with Crippen molar-refractivity contribution in [3.8, 4) is 11.6 Å². The van der Waals surface area contributed by atoms with Gasteiger partial charge in [-0.05, 0) is 43.2 Å². The number of nitrogens with zero attached hydrogens (tertiary/aromatic N) is 1. The largest absolute Gasteiger partial charge is 0.437 e. The first kappa shape index (κ1) is 18.8. The highest BCUT2D eigenvalue weighted by Crippen LogP contribution is 2.37. The number of benzene rings is 1. The van der Waals surface area contributed by atoms with Crippen LogP contribution in [0, 0.1) is 13.8 Å². The molecule has 0 amide bonds. The second-order valence-corrected chi connectivity index (χ2v) is 7.91. The van der Waals surface area contributed by atoms with Crippen molar-refractivity contribution in [2.75, 3.05) is 0 Å². The predicted molar refractivity (Wildman–Crippen MR) is 83.3 cm³/mol. The number of halogens is 5. The van der Waals surface area contributed by atoms with E-state index < -0.39 is 20.8 Å². The van der Waals surface area contributed by atoms with Gasteiger partial charge in [0.1, 0.15) is 10.8 Å².